The maximum atomic E-state index is 9.69. The van der Waals surface area contributed by atoms with Crippen molar-refractivity contribution in [2.45, 2.75) is 25.3 Å². The number of rotatable bonds is 0. The first-order chi connectivity index (χ1) is 10.9. The molecule has 4 rings (SSSR count). The van der Waals surface area contributed by atoms with E-state index in [1.807, 2.05) is 31.6 Å². The highest BCUT2D eigenvalue weighted by molar-refractivity contribution is 9.11. The van der Waals surface area contributed by atoms with Crippen molar-refractivity contribution in [2.24, 2.45) is 0 Å². The van der Waals surface area contributed by atoms with E-state index < -0.39 is 0 Å². The van der Waals surface area contributed by atoms with E-state index in [-0.39, 0.29) is 12.2 Å². The molecular weight excluding hydrogens is 396 g/mol. The van der Waals surface area contributed by atoms with Crippen LogP contribution >= 0.6 is 38.6 Å². The molecule has 0 saturated carbocycles. The third-order valence-corrected chi connectivity index (χ3v) is 6.67. The van der Waals surface area contributed by atoms with Gasteiger partial charge < -0.3 is 10.2 Å². The Balaban J connectivity index is 0.000000136. The molecule has 0 bridgehead atoms. The van der Waals surface area contributed by atoms with Crippen molar-refractivity contribution >= 4 is 38.6 Å². The maximum absolute atomic E-state index is 9.69. The molecule has 0 spiro atoms. The lowest BCUT2D eigenvalue weighted by Gasteiger charge is -2.26. The Hall–Kier alpha value is -0.280. The van der Waals surface area contributed by atoms with Gasteiger partial charge in [-0.3, -0.25) is 9.80 Å². The van der Waals surface area contributed by atoms with Gasteiger partial charge in [-0.05, 0) is 58.7 Å². The van der Waals surface area contributed by atoms with Gasteiger partial charge in [0, 0.05) is 35.9 Å². The number of aliphatic hydroxyl groups is 2. The molecule has 4 nitrogen and oxygen atoms in total. The molecule has 0 amide bonds. The Morgan fingerprint density at radius 3 is 2.35 bits per heavy atom. The first kappa shape index (κ1) is 17.5. The largest absolute Gasteiger partial charge is 0.387 e. The van der Waals surface area contributed by atoms with Crippen LogP contribution in [0.15, 0.2) is 21.3 Å². The number of hydrogen-bond donors (Lipinski definition) is 2. The predicted molar refractivity (Wildman–Crippen MR) is 98.9 cm³/mol. The fourth-order valence-corrected chi connectivity index (χ4v) is 5.86. The Labute approximate surface area is 153 Å². The topological polar surface area (TPSA) is 46.9 Å². The van der Waals surface area contributed by atoms with Crippen LogP contribution in [0.3, 0.4) is 0 Å². The molecule has 0 fully saturated rings. The van der Waals surface area contributed by atoms with Gasteiger partial charge in [-0.15, -0.1) is 22.7 Å². The number of fused-ring (bicyclic) bond motifs is 2. The van der Waals surface area contributed by atoms with Gasteiger partial charge in [0.15, 0.2) is 0 Å². The van der Waals surface area contributed by atoms with Crippen LogP contribution in [0.1, 0.15) is 33.1 Å². The van der Waals surface area contributed by atoms with Crippen LogP contribution in [0.25, 0.3) is 0 Å². The molecule has 2 aromatic heterocycles. The summed E-state index contributed by atoms with van der Waals surface area (Å²) >= 11 is 6.87. The third-order valence-electron chi connectivity index (χ3n) is 4.11. The lowest BCUT2D eigenvalue weighted by molar-refractivity contribution is 0.109. The molecule has 2 N–H and O–H groups in total. The van der Waals surface area contributed by atoms with E-state index >= 15 is 0 Å². The summed E-state index contributed by atoms with van der Waals surface area (Å²) in [6, 6.07) is 4.05. The van der Waals surface area contributed by atoms with Gasteiger partial charge in [-0.2, -0.15) is 0 Å². The summed E-state index contributed by atoms with van der Waals surface area (Å²) in [5.74, 6) is 0. The lowest BCUT2D eigenvalue weighted by atomic mass is 10.1. The van der Waals surface area contributed by atoms with Crippen molar-refractivity contribution in [3.8, 4) is 0 Å². The molecule has 0 radical (unpaired) electrons. The van der Waals surface area contributed by atoms with Crippen LogP contribution < -0.4 is 0 Å². The van der Waals surface area contributed by atoms with Crippen LogP contribution in [0.4, 0.5) is 0 Å². The summed E-state index contributed by atoms with van der Waals surface area (Å²) in [5.41, 5.74) is 2.23. The lowest BCUT2D eigenvalue weighted by Crippen LogP contribution is -2.28. The standard InChI is InChI=1S/C8H10BrNOS.C8H11NOS/c1-10-3-6(11)5-2-8(9)12-7(5)4-10;1-9-4-7(10)6-2-3-11-8(6)5-9/h2,6,11H,3-4H2,1H3;2-3,7,10H,4-5H2,1H3. The molecule has 23 heavy (non-hydrogen) atoms. The minimum atomic E-state index is -0.304. The number of aliphatic hydroxyl groups excluding tert-OH is 2. The van der Waals surface area contributed by atoms with Crippen LogP contribution in [0.5, 0.6) is 0 Å². The molecule has 2 atom stereocenters. The second-order valence-corrected chi connectivity index (χ2v) is 9.67. The summed E-state index contributed by atoms with van der Waals surface area (Å²) in [6.45, 7) is 3.46. The van der Waals surface area contributed by atoms with E-state index in [0.717, 1.165) is 41.1 Å². The van der Waals surface area contributed by atoms with Gasteiger partial charge in [0.05, 0.1) is 16.0 Å². The second kappa shape index (κ2) is 7.31. The van der Waals surface area contributed by atoms with Crippen molar-refractivity contribution < 1.29 is 10.2 Å². The van der Waals surface area contributed by atoms with E-state index in [0.29, 0.717) is 0 Å². The summed E-state index contributed by atoms with van der Waals surface area (Å²) in [4.78, 5) is 6.87. The normalized spacial score (nSPS) is 24.6. The highest BCUT2D eigenvalue weighted by Gasteiger charge is 2.23. The Bertz CT molecular complexity index is 673. The molecule has 2 aliphatic rings. The molecule has 0 aromatic carbocycles. The molecular formula is C16H21BrN2O2S2. The van der Waals surface area contributed by atoms with Gasteiger partial charge >= 0.3 is 0 Å². The van der Waals surface area contributed by atoms with Crippen LogP contribution in [0.2, 0.25) is 0 Å². The van der Waals surface area contributed by atoms with Crippen molar-refractivity contribution in [3.63, 3.8) is 0 Å². The monoisotopic (exact) mass is 416 g/mol. The quantitative estimate of drug-likeness (QED) is 0.691. The van der Waals surface area contributed by atoms with Crippen LogP contribution in [-0.2, 0) is 13.1 Å². The van der Waals surface area contributed by atoms with Crippen molar-refractivity contribution in [1.82, 2.24) is 9.80 Å². The van der Waals surface area contributed by atoms with E-state index in [1.165, 1.54) is 9.75 Å². The molecule has 2 unspecified atom stereocenters. The Morgan fingerprint density at radius 1 is 1.04 bits per heavy atom. The van der Waals surface area contributed by atoms with E-state index in [9.17, 15) is 10.2 Å². The predicted octanol–water partition coefficient (Wildman–Crippen LogP) is 3.22. The zero-order chi connectivity index (χ0) is 16.6. The first-order valence-corrected chi connectivity index (χ1v) is 10.0. The smallest absolute Gasteiger partial charge is 0.0928 e. The van der Waals surface area contributed by atoms with Gasteiger partial charge in [0.25, 0.3) is 0 Å². The highest BCUT2D eigenvalue weighted by atomic mass is 79.9. The number of likely N-dealkylation sites (N-methyl/N-ethyl adjacent to an activating group) is 2. The fraction of sp³-hybridized carbons (Fsp3) is 0.500. The van der Waals surface area contributed by atoms with E-state index in [4.69, 9.17) is 0 Å². The Morgan fingerprint density at radius 2 is 1.65 bits per heavy atom. The summed E-state index contributed by atoms with van der Waals surface area (Å²) in [5, 5.41) is 21.3. The van der Waals surface area contributed by atoms with Crippen LogP contribution in [0, 0.1) is 0 Å². The average Bonchev–Trinajstić information content (AvgIpc) is 3.05. The van der Waals surface area contributed by atoms with Crippen molar-refractivity contribution in [3.05, 3.63) is 42.2 Å². The molecule has 4 heterocycles. The third kappa shape index (κ3) is 4.04. The van der Waals surface area contributed by atoms with Gasteiger partial charge in [-0.1, -0.05) is 0 Å². The minimum Gasteiger partial charge on any atom is -0.387 e. The van der Waals surface area contributed by atoms with Crippen molar-refractivity contribution in [1.29, 1.82) is 0 Å². The summed E-state index contributed by atoms with van der Waals surface area (Å²) < 4.78 is 1.11. The number of nitrogens with zero attached hydrogens (tertiary/aromatic N) is 2. The SMILES string of the molecule is CN1Cc2sc(Br)cc2C(O)C1.CN1Cc2sccc2C(O)C1. The van der Waals surface area contributed by atoms with E-state index in [1.54, 1.807) is 22.7 Å². The first-order valence-electron chi connectivity index (χ1n) is 7.51. The van der Waals surface area contributed by atoms with Crippen LogP contribution in [-0.4, -0.2) is 47.2 Å². The summed E-state index contributed by atoms with van der Waals surface area (Å²) in [6.07, 6.45) is -0.573. The number of thiophene rings is 2. The zero-order valence-corrected chi connectivity index (χ0v) is 16.4. The maximum Gasteiger partial charge on any atom is 0.0928 e. The molecule has 2 aromatic rings. The van der Waals surface area contributed by atoms with Gasteiger partial charge in [-0.25, -0.2) is 0 Å². The summed E-state index contributed by atoms with van der Waals surface area (Å²) in [7, 11) is 4.06. The van der Waals surface area contributed by atoms with Gasteiger partial charge in [0.1, 0.15) is 0 Å². The molecule has 0 aliphatic carbocycles. The number of β-amino-alcohol motifs (C(OH)–C–C–N with tert-alkyl or cyclic N) is 2. The zero-order valence-electron chi connectivity index (χ0n) is 13.2. The van der Waals surface area contributed by atoms with E-state index in [2.05, 4.69) is 25.7 Å². The number of hydrogen-bond acceptors (Lipinski definition) is 6. The fourth-order valence-electron chi connectivity index (χ4n) is 3.00. The van der Waals surface area contributed by atoms with Crippen molar-refractivity contribution in [2.75, 3.05) is 27.2 Å². The Kier molecular flexibility index (Phi) is 5.57. The average molecular weight is 417 g/mol. The molecule has 126 valence electrons. The molecule has 2 aliphatic heterocycles. The molecule has 7 heteroatoms. The van der Waals surface area contributed by atoms with Gasteiger partial charge in [0.2, 0.25) is 0 Å². The second-order valence-electron chi connectivity index (χ2n) is 6.15. The highest BCUT2D eigenvalue weighted by Crippen LogP contribution is 2.35. The molecule has 0 saturated heterocycles. The number of halogens is 1. The minimum absolute atomic E-state index is 0.269.